The second-order valence-electron chi connectivity index (χ2n) is 9.46. The smallest absolute Gasteiger partial charge is 0.414 e. The van der Waals surface area contributed by atoms with E-state index in [1.807, 2.05) is 42.5 Å². The minimum Gasteiger partial charge on any atom is -0.497 e. The predicted octanol–water partition coefficient (Wildman–Crippen LogP) is 3.13. The summed E-state index contributed by atoms with van der Waals surface area (Å²) in [4.78, 5) is 29.5. The van der Waals surface area contributed by atoms with Gasteiger partial charge in [-0.2, -0.15) is 0 Å². The van der Waals surface area contributed by atoms with E-state index in [1.54, 1.807) is 22.6 Å². The zero-order chi connectivity index (χ0) is 24.6. The van der Waals surface area contributed by atoms with Crippen LogP contribution in [0.15, 0.2) is 53.3 Å². The quantitative estimate of drug-likeness (QED) is 0.542. The molecule has 2 saturated heterocycles. The maximum absolute atomic E-state index is 12.9. The summed E-state index contributed by atoms with van der Waals surface area (Å²) in [5.41, 5.74) is 1.58. The van der Waals surface area contributed by atoms with Gasteiger partial charge in [-0.1, -0.05) is 0 Å². The molecule has 9 heteroatoms. The lowest BCUT2D eigenvalue weighted by Crippen LogP contribution is -2.56. The lowest BCUT2D eigenvalue weighted by molar-refractivity contribution is -0.00757. The number of benzene rings is 2. The highest BCUT2D eigenvalue weighted by molar-refractivity contribution is 5.89. The van der Waals surface area contributed by atoms with Crippen molar-refractivity contribution in [2.45, 2.75) is 19.1 Å². The van der Waals surface area contributed by atoms with Gasteiger partial charge >= 0.3 is 6.09 Å². The second-order valence-corrected chi connectivity index (χ2v) is 9.46. The molecule has 0 bridgehead atoms. The van der Waals surface area contributed by atoms with Crippen LogP contribution in [0.5, 0.6) is 17.2 Å². The molecule has 36 heavy (non-hydrogen) atoms. The molecular weight excluding hydrogens is 462 g/mol. The summed E-state index contributed by atoms with van der Waals surface area (Å²) >= 11 is 0. The molecule has 3 aliphatic rings. The largest absolute Gasteiger partial charge is 0.497 e. The number of hydrogen-bond donors (Lipinski definition) is 0. The van der Waals surface area contributed by atoms with Crippen LogP contribution in [0.3, 0.4) is 0 Å². The Morgan fingerprint density at radius 3 is 2.64 bits per heavy atom. The molecule has 0 spiro atoms. The highest BCUT2D eigenvalue weighted by Gasteiger charge is 2.40. The molecule has 2 fully saturated rings. The van der Waals surface area contributed by atoms with Crippen molar-refractivity contribution in [2.75, 3.05) is 51.4 Å². The Kier molecular flexibility index (Phi) is 5.92. The Morgan fingerprint density at radius 2 is 1.78 bits per heavy atom. The van der Waals surface area contributed by atoms with Crippen LogP contribution in [0.4, 0.5) is 10.5 Å². The average Bonchev–Trinajstić information content (AvgIpc) is 2.91. The van der Waals surface area contributed by atoms with E-state index in [0.717, 1.165) is 35.3 Å². The van der Waals surface area contributed by atoms with Crippen molar-refractivity contribution >= 4 is 22.7 Å². The topological polar surface area (TPSA) is 82.5 Å². The number of hydrogen-bond acceptors (Lipinski definition) is 7. The molecule has 0 radical (unpaired) electrons. The van der Waals surface area contributed by atoms with E-state index in [4.69, 9.17) is 18.9 Å². The number of aromatic nitrogens is 1. The molecule has 6 rings (SSSR count). The number of likely N-dealkylation sites (tertiary alicyclic amines) is 1. The monoisotopic (exact) mass is 491 g/mol. The Hall–Kier alpha value is -3.72. The average molecular weight is 492 g/mol. The first-order valence-corrected chi connectivity index (χ1v) is 12.4. The molecule has 3 aromatic rings. The minimum atomic E-state index is -0.341. The van der Waals surface area contributed by atoms with Gasteiger partial charge in [0.2, 0.25) is 0 Å². The summed E-state index contributed by atoms with van der Waals surface area (Å²) in [5.74, 6) is 2.33. The van der Waals surface area contributed by atoms with E-state index in [0.29, 0.717) is 50.9 Å². The first kappa shape index (κ1) is 22.7. The van der Waals surface area contributed by atoms with Gasteiger partial charge in [0.25, 0.3) is 5.56 Å². The van der Waals surface area contributed by atoms with Crippen molar-refractivity contribution in [1.82, 2.24) is 9.47 Å². The number of pyridine rings is 1. The number of rotatable bonds is 5. The zero-order valence-electron chi connectivity index (χ0n) is 20.2. The molecule has 9 nitrogen and oxygen atoms in total. The van der Waals surface area contributed by atoms with Crippen molar-refractivity contribution < 1.29 is 23.7 Å². The number of carbonyl (C=O) groups is 1. The fourth-order valence-electron chi connectivity index (χ4n) is 5.35. The van der Waals surface area contributed by atoms with Gasteiger partial charge in [-0.15, -0.1) is 0 Å². The standard InChI is InChI=1S/C27H29N3O6/c1-33-21-5-2-18-3-7-26(31)29(22(18)15-21)11-10-28-9-8-19-16-30(27(32)36-25(19)17-28)20-4-6-23-24(14-20)35-13-12-34-23/h2-7,14-15,19,25H,8-13,16-17H2,1H3/t19-,25+/m1/s1. The summed E-state index contributed by atoms with van der Waals surface area (Å²) in [7, 11) is 1.62. The number of methoxy groups -OCH3 is 1. The molecule has 188 valence electrons. The van der Waals surface area contributed by atoms with Crippen molar-refractivity contribution in [3.05, 3.63) is 58.9 Å². The van der Waals surface area contributed by atoms with E-state index >= 15 is 0 Å². The van der Waals surface area contributed by atoms with Gasteiger partial charge in [0, 0.05) is 50.3 Å². The summed E-state index contributed by atoms with van der Waals surface area (Å²) in [6, 6.07) is 14.8. The number of piperidine rings is 1. The Morgan fingerprint density at radius 1 is 0.944 bits per heavy atom. The third-order valence-electron chi connectivity index (χ3n) is 7.35. The van der Waals surface area contributed by atoms with Gasteiger partial charge in [0.15, 0.2) is 11.5 Å². The Balaban J connectivity index is 1.12. The Bertz CT molecular complexity index is 1360. The molecule has 1 aromatic heterocycles. The van der Waals surface area contributed by atoms with Gasteiger partial charge in [-0.05, 0) is 48.7 Å². The highest BCUT2D eigenvalue weighted by atomic mass is 16.6. The minimum absolute atomic E-state index is 0.0372. The molecule has 0 saturated carbocycles. The highest BCUT2D eigenvalue weighted by Crippen LogP contribution is 2.36. The molecular formula is C27H29N3O6. The fourth-order valence-corrected chi connectivity index (χ4v) is 5.35. The second kappa shape index (κ2) is 9.39. The third kappa shape index (κ3) is 4.24. The molecule has 0 aliphatic carbocycles. The first-order chi connectivity index (χ1) is 17.6. The molecule has 3 aliphatic heterocycles. The van der Waals surface area contributed by atoms with Gasteiger partial charge < -0.3 is 23.5 Å². The zero-order valence-corrected chi connectivity index (χ0v) is 20.2. The maximum atomic E-state index is 12.9. The van der Waals surface area contributed by atoms with Crippen LogP contribution in [-0.2, 0) is 11.3 Å². The summed E-state index contributed by atoms with van der Waals surface area (Å²) in [5, 5.41) is 0.995. The van der Waals surface area contributed by atoms with Crippen molar-refractivity contribution in [1.29, 1.82) is 0 Å². The lowest BCUT2D eigenvalue weighted by atomic mass is 9.91. The molecule has 4 heterocycles. The summed E-state index contributed by atoms with van der Waals surface area (Å²) in [6.07, 6.45) is 0.410. The molecule has 2 atom stereocenters. The van der Waals surface area contributed by atoms with Crippen LogP contribution in [0.25, 0.3) is 10.9 Å². The molecule has 1 amide bonds. The Labute approximate surface area is 208 Å². The number of amides is 1. The van der Waals surface area contributed by atoms with Crippen molar-refractivity contribution in [2.24, 2.45) is 5.92 Å². The van der Waals surface area contributed by atoms with E-state index in [9.17, 15) is 9.59 Å². The third-order valence-corrected chi connectivity index (χ3v) is 7.35. The van der Waals surface area contributed by atoms with E-state index < -0.39 is 0 Å². The fraction of sp³-hybridized carbons (Fsp3) is 0.407. The number of ether oxygens (including phenoxy) is 4. The molecule has 0 N–H and O–H groups in total. The number of fused-ring (bicyclic) bond motifs is 3. The van der Waals surface area contributed by atoms with Crippen molar-refractivity contribution in [3.63, 3.8) is 0 Å². The van der Waals surface area contributed by atoms with Crippen molar-refractivity contribution in [3.8, 4) is 17.2 Å². The number of carbonyl (C=O) groups excluding carboxylic acids is 1. The lowest BCUT2D eigenvalue weighted by Gasteiger charge is -2.44. The van der Waals surface area contributed by atoms with Gasteiger partial charge in [0.1, 0.15) is 25.1 Å². The van der Waals surface area contributed by atoms with Crippen LogP contribution in [0.2, 0.25) is 0 Å². The number of nitrogens with zero attached hydrogens (tertiary/aromatic N) is 3. The van der Waals surface area contributed by atoms with E-state index in [1.165, 1.54) is 0 Å². The van der Waals surface area contributed by atoms with Crippen LogP contribution in [-0.4, -0.2) is 68.2 Å². The predicted molar refractivity (Wildman–Crippen MR) is 134 cm³/mol. The molecule has 2 aromatic carbocycles. The molecule has 0 unspecified atom stereocenters. The summed E-state index contributed by atoms with van der Waals surface area (Å²) in [6.45, 7) is 4.44. The van der Waals surface area contributed by atoms with Crippen LogP contribution in [0.1, 0.15) is 6.42 Å². The first-order valence-electron chi connectivity index (χ1n) is 12.4. The van der Waals surface area contributed by atoms with Crippen LogP contribution in [0, 0.1) is 5.92 Å². The van der Waals surface area contributed by atoms with Gasteiger partial charge in [-0.25, -0.2) is 4.79 Å². The van der Waals surface area contributed by atoms with Gasteiger partial charge in [-0.3, -0.25) is 14.6 Å². The maximum Gasteiger partial charge on any atom is 0.414 e. The summed E-state index contributed by atoms with van der Waals surface area (Å²) < 4.78 is 24.3. The van der Waals surface area contributed by atoms with E-state index in [-0.39, 0.29) is 23.7 Å². The SMILES string of the molecule is COc1ccc2ccc(=O)n(CCN3CC[C@@H]4CN(c5ccc6c(c5)OCCO6)C(=O)O[C@H]4C3)c2c1. The normalized spacial score (nSPS) is 21.7. The number of anilines is 1. The van der Waals surface area contributed by atoms with Crippen LogP contribution < -0.4 is 24.7 Å². The van der Waals surface area contributed by atoms with Crippen LogP contribution >= 0.6 is 0 Å². The van der Waals surface area contributed by atoms with Gasteiger partial charge in [0.05, 0.1) is 18.3 Å². The van der Waals surface area contributed by atoms with E-state index in [2.05, 4.69) is 4.90 Å².